The summed E-state index contributed by atoms with van der Waals surface area (Å²) in [4.78, 5) is 47.7. The van der Waals surface area contributed by atoms with E-state index in [1.807, 2.05) is 0 Å². The van der Waals surface area contributed by atoms with Crippen LogP contribution in [0, 0.1) is 11.3 Å². The zero-order valence-corrected chi connectivity index (χ0v) is 13.2. The number of fused-ring (bicyclic) bond motifs is 1. The highest BCUT2D eigenvalue weighted by Gasteiger charge is 2.16. The summed E-state index contributed by atoms with van der Waals surface area (Å²) in [5, 5.41) is 11.4. The van der Waals surface area contributed by atoms with Gasteiger partial charge in [0.15, 0.2) is 6.61 Å². The highest BCUT2D eigenvalue weighted by Crippen LogP contribution is 2.03. The molecule has 0 aliphatic heterocycles. The van der Waals surface area contributed by atoms with Crippen LogP contribution in [0.5, 0.6) is 0 Å². The number of nitriles is 1. The minimum absolute atomic E-state index is 0.0126. The number of nitrogens with one attached hydrogen (secondary N) is 1. The van der Waals surface area contributed by atoms with Crippen molar-refractivity contribution in [2.45, 2.75) is 13.5 Å². The molecule has 9 nitrogen and oxygen atoms in total. The average Bonchev–Trinajstić information content (AvgIpc) is 2.58. The van der Waals surface area contributed by atoms with Crippen molar-refractivity contribution < 1.29 is 14.3 Å². The number of hydrogen-bond acceptors (Lipinski definition) is 7. The molecule has 1 heterocycles. The summed E-state index contributed by atoms with van der Waals surface area (Å²) in [5.74, 6) is -1.68. The van der Waals surface area contributed by atoms with Gasteiger partial charge in [0.25, 0.3) is 11.1 Å². The van der Waals surface area contributed by atoms with Crippen LogP contribution in [0.15, 0.2) is 45.1 Å². The molecule has 1 aromatic heterocycles. The molecule has 128 valence electrons. The SMILES string of the molecule is C/C(N)=C(/C#N)C(=O)COC(=O)Cn1[nH]c(=O)c2ccccc2c1=O. The van der Waals surface area contributed by atoms with E-state index in [4.69, 9.17) is 15.7 Å². The molecule has 0 spiro atoms. The number of rotatable bonds is 5. The lowest BCUT2D eigenvalue weighted by atomic mass is 10.1. The van der Waals surface area contributed by atoms with Crippen molar-refractivity contribution in [1.29, 1.82) is 5.26 Å². The van der Waals surface area contributed by atoms with Crippen molar-refractivity contribution in [3.8, 4) is 6.07 Å². The number of H-pyrrole nitrogens is 1. The van der Waals surface area contributed by atoms with Crippen molar-refractivity contribution >= 4 is 22.5 Å². The monoisotopic (exact) mass is 342 g/mol. The first-order valence-corrected chi connectivity index (χ1v) is 7.12. The van der Waals surface area contributed by atoms with E-state index in [2.05, 4.69) is 5.10 Å². The van der Waals surface area contributed by atoms with E-state index in [1.165, 1.54) is 19.1 Å². The molecular weight excluding hydrogens is 328 g/mol. The van der Waals surface area contributed by atoms with Gasteiger partial charge in [-0.3, -0.25) is 24.3 Å². The van der Waals surface area contributed by atoms with Gasteiger partial charge in [-0.25, -0.2) is 4.68 Å². The number of allylic oxidation sites excluding steroid dienone is 1. The number of carbonyl (C=O) groups excluding carboxylic acids is 2. The molecule has 2 aromatic rings. The van der Waals surface area contributed by atoms with E-state index in [-0.39, 0.29) is 22.0 Å². The van der Waals surface area contributed by atoms with E-state index < -0.39 is 36.0 Å². The predicted octanol–water partition coefficient (Wildman–Crippen LogP) is -0.442. The van der Waals surface area contributed by atoms with Gasteiger partial charge in [0.1, 0.15) is 18.2 Å². The van der Waals surface area contributed by atoms with Gasteiger partial charge in [-0.05, 0) is 19.1 Å². The van der Waals surface area contributed by atoms with E-state index in [0.717, 1.165) is 4.68 Å². The Hall–Kier alpha value is -3.67. The molecule has 0 saturated carbocycles. The molecule has 0 amide bonds. The number of esters is 1. The molecule has 25 heavy (non-hydrogen) atoms. The number of aromatic nitrogens is 2. The van der Waals surface area contributed by atoms with Crippen LogP contribution < -0.4 is 16.9 Å². The van der Waals surface area contributed by atoms with Gasteiger partial charge in [-0.15, -0.1) is 0 Å². The van der Waals surface area contributed by atoms with Crippen LogP contribution in [0.3, 0.4) is 0 Å². The fraction of sp³-hybridized carbons (Fsp3) is 0.188. The van der Waals surface area contributed by atoms with Crippen molar-refractivity contribution in [2.75, 3.05) is 6.61 Å². The smallest absolute Gasteiger partial charge is 0.328 e. The summed E-state index contributed by atoms with van der Waals surface area (Å²) in [6, 6.07) is 7.78. The third-order valence-corrected chi connectivity index (χ3v) is 3.32. The molecule has 1 aromatic carbocycles. The lowest BCUT2D eigenvalue weighted by molar-refractivity contribution is -0.147. The molecular formula is C16H14N4O5. The minimum Gasteiger partial charge on any atom is -0.456 e. The maximum Gasteiger partial charge on any atom is 0.328 e. The second kappa shape index (κ2) is 7.27. The van der Waals surface area contributed by atoms with Crippen LogP contribution >= 0.6 is 0 Å². The molecule has 2 rings (SSSR count). The summed E-state index contributed by atoms with van der Waals surface area (Å²) in [6.45, 7) is 0.0971. The predicted molar refractivity (Wildman–Crippen MR) is 87.3 cm³/mol. The van der Waals surface area contributed by atoms with Crippen molar-refractivity contribution in [3.05, 3.63) is 56.2 Å². The largest absolute Gasteiger partial charge is 0.456 e. The molecule has 0 radical (unpaired) electrons. The molecule has 0 atom stereocenters. The fourth-order valence-electron chi connectivity index (χ4n) is 2.12. The Kier molecular flexibility index (Phi) is 5.14. The Bertz CT molecular complexity index is 1030. The molecule has 0 unspecified atom stereocenters. The van der Waals surface area contributed by atoms with E-state index in [1.54, 1.807) is 18.2 Å². The van der Waals surface area contributed by atoms with Gasteiger partial charge in [-0.1, -0.05) is 12.1 Å². The first-order valence-electron chi connectivity index (χ1n) is 7.12. The number of hydrogen-bond donors (Lipinski definition) is 2. The van der Waals surface area contributed by atoms with Crippen molar-refractivity contribution in [3.63, 3.8) is 0 Å². The number of ether oxygens (including phenoxy) is 1. The van der Waals surface area contributed by atoms with Crippen molar-refractivity contribution in [2.24, 2.45) is 5.73 Å². The lowest BCUT2D eigenvalue weighted by Gasteiger charge is -2.07. The highest BCUT2D eigenvalue weighted by atomic mass is 16.5. The van der Waals surface area contributed by atoms with E-state index >= 15 is 0 Å². The number of ketones is 1. The van der Waals surface area contributed by atoms with Crippen LogP contribution in [0.1, 0.15) is 6.92 Å². The van der Waals surface area contributed by atoms with E-state index in [0.29, 0.717) is 0 Å². The van der Waals surface area contributed by atoms with Crippen molar-refractivity contribution in [1.82, 2.24) is 9.78 Å². The van der Waals surface area contributed by atoms with Gasteiger partial charge >= 0.3 is 5.97 Å². The zero-order valence-electron chi connectivity index (χ0n) is 13.2. The molecule has 3 N–H and O–H groups in total. The molecule has 0 saturated heterocycles. The normalized spacial score (nSPS) is 11.5. The average molecular weight is 342 g/mol. The second-order valence-electron chi connectivity index (χ2n) is 5.13. The van der Waals surface area contributed by atoms with Gasteiger partial charge in [0, 0.05) is 5.70 Å². The summed E-state index contributed by atoms with van der Waals surface area (Å²) < 4.78 is 5.53. The van der Waals surface area contributed by atoms with Gasteiger partial charge < -0.3 is 10.5 Å². The number of Topliss-reactive ketones (excluding diaryl/α,β-unsaturated/α-hetero) is 1. The lowest BCUT2D eigenvalue weighted by Crippen LogP contribution is -2.33. The minimum atomic E-state index is -0.923. The first kappa shape index (κ1) is 17.7. The Balaban J connectivity index is 2.16. The third kappa shape index (κ3) is 3.81. The maximum absolute atomic E-state index is 12.2. The van der Waals surface area contributed by atoms with Crippen LogP contribution in [0.25, 0.3) is 10.8 Å². The Morgan fingerprint density at radius 3 is 2.52 bits per heavy atom. The topological polar surface area (TPSA) is 148 Å². The standard InChI is InChI=1S/C16H14N4O5/c1-9(18)12(6-17)13(21)8-25-14(22)7-20-16(24)11-5-3-2-4-10(11)15(23)19-20/h2-5H,7-8,18H2,1H3,(H,19,23)/b12-9+. The fourth-order valence-corrected chi connectivity index (χ4v) is 2.12. The van der Waals surface area contributed by atoms with Crippen LogP contribution in [0.2, 0.25) is 0 Å². The highest BCUT2D eigenvalue weighted by molar-refractivity contribution is 6.01. The molecule has 0 fully saturated rings. The van der Waals surface area contributed by atoms with Crippen LogP contribution in [-0.4, -0.2) is 28.1 Å². The molecule has 0 aliphatic carbocycles. The molecule has 9 heteroatoms. The quantitative estimate of drug-likeness (QED) is 0.425. The van der Waals surface area contributed by atoms with Gasteiger partial charge in [0.2, 0.25) is 5.78 Å². The molecule has 0 bridgehead atoms. The van der Waals surface area contributed by atoms with Crippen LogP contribution in [-0.2, 0) is 20.9 Å². The summed E-state index contributed by atoms with van der Waals surface area (Å²) in [6.07, 6.45) is 0. The Labute approximate surface area is 140 Å². The van der Waals surface area contributed by atoms with Crippen LogP contribution in [0.4, 0.5) is 0 Å². The number of nitrogens with two attached hydrogens (primary N) is 1. The Morgan fingerprint density at radius 1 is 1.28 bits per heavy atom. The number of nitrogens with zero attached hydrogens (tertiary/aromatic N) is 2. The summed E-state index contributed by atoms with van der Waals surface area (Å²) in [5.41, 5.74) is 3.98. The summed E-state index contributed by atoms with van der Waals surface area (Å²) in [7, 11) is 0. The Morgan fingerprint density at radius 2 is 1.92 bits per heavy atom. The van der Waals surface area contributed by atoms with Gasteiger partial charge in [-0.2, -0.15) is 5.26 Å². The number of carbonyl (C=O) groups is 2. The number of aromatic amines is 1. The van der Waals surface area contributed by atoms with Gasteiger partial charge in [0.05, 0.1) is 10.8 Å². The third-order valence-electron chi connectivity index (χ3n) is 3.32. The van der Waals surface area contributed by atoms with E-state index in [9.17, 15) is 19.2 Å². The maximum atomic E-state index is 12.2. The molecule has 0 aliphatic rings. The second-order valence-corrected chi connectivity index (χ2v) is 5.13. The zero-order chi connectivity index (χ0) is 18.6. The summed E-state index contributed by atoms with van der Waals surface area (Å²) >= 11 is 0. The number of benzene rings is 1. The first-order chi connectivity index (χ1) is 11.8.